The molecule has 0 unspecified atom stereocenters. The van der Waals surface area contributed by atoms with Crippen LogP contribution in [-0.2, 0) is 14.8 Å². The molecule has 0 amide bonds. The second-order valence-electron chi connectivity index (χ2n) is 5.86. The quantitative estimate of drug-likeness (QED) is 0.886. The van der Waals surface area contributed by atoms with Gasteiger partial charge in [-0.1, -0.05) is 18.2 Å². The van der Waals surface area contributed by atoms with E-state index in [2.05, 4.69) is 0 Å². The van der Waals surface area contributed by atoms with Crippen LogP contribution in [0.2, 0.25) is 0 Å². The van der Waals surface area contributed by atoms with Gasteiger partial charge >= 0.3 is 5.97 Å². The highest BCUT2D eigenvalue weighted by Crippen LogP contribution is 2.35. The SMILES string of the molecule is O=C(O)C1(Oc2ccccc2)CCN(S(=O)(=O)C2CC2)CC1. The van der Waals surface area contributed by atoms with Gasteiger partial charge in [-0.2, -0.15) is 0 Å². The number of hydrogen-bond acceptors (Lipinski definition) is 4. The number of ether oxygens (including phenoxy) is 1. The molecule has 1 aliphatic carbocycles. The normalized spacial score (nSPS) is 22.2. The molecule has 1 saturated heterocycles. The van der Waals surface area contributed by atoms with E-state index < -0.39 is 21.6 Å². The first-order chi connectivity index (χ1) is 10.4. The summed E-state index contributed by atoms with van der Waals surface area (Å²) in [6.45, 7) is 0.385. The number of carboxylic acid groups (broad SMARTS) is 1. The van der Waals surface area contributed by atoms with Crippen molar-refractivity contribution in [3.8, 4) is 5.75 Å². The van der Waals surface area contributed by atoms with Crippen LogP contribution >= 0.6 is 0 Å². The van der Waals surface area contributed by atoms with Gasteiger partial charge in [0, 0.05) is 25.9 Å². The van der Waals surface area contributed by atoms with Gasteiger partial charge in [0.05, 0.1) is 5.25 Å². The number of rotatable bonds is 5. The van der Waals surface area contributed by atoms with Crippen molar-refractivity contribution >= 4 is 16.0 Å². The number of aliphatic carboxylic acids is 1. The molecular formula is C15H19NO5S. The lowest BCUT2D eigenvalue weighted by Crippen LogP contribution is -2.54. The van der Waals surface area contributed by atoms with Crippen molar-refractivity contribution in [3.05, 3.63) is 30.3 Å². The van der Waals surface area contributed by atoms with Crippen LogP contribution in [0.5, 0.6) is 5.75 Å². The Kier molecular flexibility index (Phi) is 3.86. The first-order valence-electron chi connectivity index (χ1n) is 7.40. The first kappa shape index (κ1) is 15.3. The molecule has 0 aromatic heterocycles. The van der Waals surface area contributed by atoms with Gasteiger partial charge in [-0.3, -0.25) is 0 Å². The van der Waals surface area contributed by atoms with Crippen molar-refractivity contribution in [2.75, 3.05) is 13.1 Å². The average Bonchev–Trinajstić information content (AvgIpc) is 3.34. The van der Waals surface area contributed by atoms with Gasteiger partial charge in [-0.05, 0) is 25.0 Å². The number of piperidine rings is 1. The van der Waals surface area contributed by atoms with Gasteiger partial charge in [0.15, 0.2) is 0 Å². The predicted molar refractivity (Wildman–Crippen MR) is 80.2 cm³/mol. The fourth-order valence-corrected chi connectivity index (χ4v) is 4.60. The maximum absolute atomic E-state index is 12.2. The summed E-state index contributed by atoms with van der Waals surface area (Å²) in [6, 6.07) is 8.79. The van der Waals surface area contributed by atoms with Crippen molar-refractivity contribution < 1.29 is 23.1 Å². The van der Waals surface area contributed by atoms with Crippen molar-refractivity contribution in [2.45, 2.75) is 36.5 Å². The Balaban J connectivity index is 1.73. The standard InChI is InChI=1S/C15H19NO5S/c17-14(18)15(21-12-4-2-1-3-5-12)8-10-16(11-9-15)22(19,20)13-6-7-13/h1-5,13H,6-11H2,(H,17,18). The lowest BCUT2D eigenvalue weighted by molar-refractivity contribution is -0.158. The molecule has 1 N–H and O–H groups in total. The molecule has 3 rings (SSSR count). The van der Waals surface area contributed by atoms with E-state index in [1.165, 1.54) is 4.31 Å². The van der Waals surface area contributed by atoms with Gasteiger partial charge in [-0.25, -0.2) is 17.5 Å². The highest BCUT2D eigenvalue weighted by molar-refractivity contribution is 7.90. The van der Waals surface area contributed by atoms with E-state index in [9.17, 15) is 18.3 Å². The third kappa shape index (κ3) is 2.83. The minimum atomic E-state index is -3.25. The third-order valence-electron chi connectivity index (χ3n) is 4.28. The minimum Gasteiger partial charge on any atom is -0.478 e. The third-order valence-corrected chi connectivity index (χ3v) is 6.68. The van der Waals surface area contributed by atoms with Crippen LogP contribution in [-0.4, -0.2) is 47.7 Å². The van der Waals surface area contributed by atoms with Crippen LogP contribution in [0.4, 0.5) is 0 Å². The Bertz CT molecular complexity index is 646. The molecule has 0 bridgehead atoms. The molecule has 22 heavy (non-hydrogen) atoms. The van der Waals surface area contributed by atoms with E-state index in [-0.39, 0.29) is 31.2 Å². The maximum Gasteiger partial charge on any atom is 0.348 e. The maximum atomic E-state index is 12.2. The van der Waals surface area contributed by atoms with Gasteiger partial charge in [-0.15, -0.1) is 0 Å². The summed E-state index contributed by atoms with van der Waals surface area (Å²) < 4.78 is 31.6. The largest absolute Gasteiger partial charge is 0.478 e. The number of carboxylic acids is 1. The first-order valence-corrected chi connectivity index (χ1v) is 8.91. The van der Waals surface area contributed by atoms with Crippen LogP contribution in [0.3, 0.4) is 0 Å². The van der Waals surface area contributed by atoms with E-state index in [1.807, 2.05) is 6.07 Å². The summed E-state index contributed by atoms with van der Waals surface area (Å²) in [5.41, 5.74) is -1.35. The zero-order valence-corrected chi connectivity index (χ0v) is 13.0. The molecule has 120 valence electrons. The zero-order valence-electron chi connectivity index (χ0n) is 12.1. The molecule has 1 aliphatic heterocycles. The van der Waals surface area contributed by atoms with Gasteiger partial charge in [0.1, 0.15) is 5.75 Å². The number of benzene rings is 1. The molecule has 2 aliphatic rings. The lowest BCUT2D eigenvalue weighted by atomic mass is 9.92. The van der Waals surface area contributed by atoms with Gasteiger partial charge in [0.2, 0.25) is 15.6 Å². The molecule has 1 aromatic rings. The summed E-state index contributed by atoms with van der Waals surface area (Å²) in [5, 5.41) is 9.30. The van der Waals surface area contributed by atoms with Crippen molar-refractivity contribution in [3.63, 3.8) is 0 Å². The molecule has 1 heterocycles. The van der Waals surface area contributed by atoms with E-state index in [0.29, 0.717) is 18.6 Å². The molecule has 1 aromatic carbocycles. The second-order valence-corrected chi connectivity index (χ2v) is 8.07. The second kappa shape index (κ2) is 5.55. The number of para-hydroxylation sites is 1. The number of sulfonamides is 1. The molecule has 2 fully saturated rings. The van der Waals surface area contributed by atoms with E-state index in [1.54, 1.807) is 24.3 Å². The van der Waals surface area contributed by atoms with Crippen LogP contribution < -0.4 is 4.74 Å². The smallest absolute Gasteiger partial charge is 0.348 e. The van der Waals surface area contributed by atoms with Gasteiger partial charge in [0.25, 0.3) is 0 Å². The number of nitrogens with zero attached hydrogens (tertiary/aromatic N) is 1. The van der Waals surface area contributed by atoms with Crippen molar-refractivity contribution in [2.24, 2.45) is 0 Å². The fraction of sp³-hybridized carbons (Fsp3) is 0.533. The van der Waals surface area contributed by atoms with E-state index in [0.717, 1.165) is 0 Å². The summed E-state index contributed by atoms with van der Waals surface area (Å²) in [5.74, 6) is -0.553. The van der Waals surface area contributed by atoms with Crippen molar-refractivity contribution in [1.82, 2.24) is 4.31 Å². The molecular weight excluding hydrogens is 306 g/mol. The Labute approximate surface area is 129 Å². The molecule has 0 atom stereocenters. The highest BCUT2D eigenvalue weighted by Gasteiger charge is 2.48. The van der Waals surface area contributed by atoms with E-state index >= 15 is 0 Å². The van der Waals surface area contributed by atoms with Crippen LogP contribution in [0.25, 0.3) is 0 Å². The van der Waals surface area contributed by atoms with Crippen LogP contribution in [0.15, 0.2) is 30.3 Å². The molecule has 0 spiro atoms. The lowest BCUT2D eigenvalue weighted by Gasteiger charge is -2.38. The Morgan fingerprint density at radius 2 is 1.77 bits per heavy atom. The van der Waals surface area contributed by atoms with Crippen LogP contribution in [0.1, 0.15) is 25.7 Å². The molecule has 7 heteroatoms. The number of carbonyl (C=O) groups is 1. The fourth-order valence-electron chi connectivity index (χ4n) is 2.75. The molecule has 6 nitrogen and oxygen atoms in total. The van der Waals surface area contributed by atoms with Crippen LogP contribution in [0, 0.1) is 0 Å². The predicted octanol–water partition coefficient (Wildman–Crippen LogP) is 1.48. The average molecular weight is 325 g/mol. The zero-order chi connectivity index (χ0) is 15.8. The Morgan fingerprint density at radius 3 is 2.27 bits per heavy atom. The van der Waals surface area contributed by atoms with Gasteiger partial charge < -0.3 is 9.84 Å². The summed E-state index contributed by atoms with van der Waals surface area (Å²) in [4.78, 5) is 11.7. The highest BCUT2D eigenvalue weighted by atomic mass is 32.2. The topological polar surface area (TPSA) is 83.9 Å². The minimum absolute atomic E-state index is 0.156. The Morgan fingerprint density at radius 1 is 1.18 bits per heavy atom. The summed E-state index contributed by atoms with van der Waals surface area (Å²) in [6.07, 6.45) is 1.74. The Hall–Kier alpha value is -1.60. The monoisotopic (exact) mass is 325 g/mol. The molecule has 0 radical (unpaired) electrons. The molecule has 1 saturated carbocycles. The van der Waals surface area contributed by atoms with E-state index in [4.69, 9.17) is 4.74 Å². The van der Waals surface area contributed by atoms with Crippen molar-refractivity contribution in [1.29, 1.82) is 0 Å². The number of hydrogen-bond donors (Lipinski definition) is 1. The summed E-state index contributed by atoms with van der Waals surface area (Å²) in [7, 11) is -3.25. The summed E-state index contributed by atoms with van der Waals surface area (Å²) >= 11 is 0.